The molecule has 5 nitrogen and oxygen atoms in total. The van der Waals surface area contributed by atoms with Crippen molar-refractivity contribution in [2.75, 3.05) is 26.2 Å². The van der Waals surface area contributed by atoms with Crippen LogP contribution in [0.5, 0.6) is 0 Å². The van der Waals surface area contributed by atoms with Crippen molar-refractivity contribution in [3.05, 3.63) is 11.9 Å². The molecule has 0 bridgehead atoms. The third kappa shape index (κ3) is 1.84. The SMILES string of the molecule is O=C(c1cnsn1)N1CCNCC1. The number of nitrogens with zero attached hydrogens (tertiary/aromatic N) is 3. The van der Waals surface area contributed by atoms with E-state index in [1.807, 2.05) is 0 Å². The molecule has 1 amide bonds. The Hall–Kier alpha value is -1.01. The van der Waals surface area contributed by atoms with E-state index >= 15 is 0 Å². The van der Waals surface area contributed by atoms with Gasteiger partial charge in [0.15, 0.2) is 5.69 Å². The summed E-state index contributed by atoms with van der Waals surface area (Å²) >= 11 is 1.07. The first-order valence-corrected chi connectivity index (χ1v) is 4.88. The van der Waals surface area contributed by atoms with E-state index in [4.69, 9.17) is 0 Å². The molecule has 0 atom stereocenters. The molecular formula is C7H10N4OS. The molecule has 1 aromatic heterocycles. The summed E-state index contributed by atoms with van der Waals surface area (Å²) in [6.45, 7) is 3.25. The summed E-state index contributed by atoms with van der Waals surface area (Å²) < 4.78 is 7.72. The number of carbonyl (C=O) groups excluding carboxylic acids is 1. The Morgan fingerprint density at radius 2 is 2.31 bits per heavy atom. The van der Waals surface area contributed by atoms with Gasteiger partial charge in [0.1, 0.15) is 0 Å². The van der Waals surface area contributed by atoms with E-state index in [9.17, 15) is 4.79 Å². The van der Waals surface area contributed by atoms with E-state index in [0.29, 0.717) is 5.69 Å². The van der Waals surface area contributed by atoms with Crippen molar-refractivity contribution in [3.8, 4) is 0 Å². The molecule has 0 saturated carbocycles. The fraction of sp³-hybridized carbons (Fsp3) is 0.571. The molecule has 1 saturated heterocycles. The second kappa shape index (κ2) is 3.80. The molecule has 1 N–H and O–H groups in total. The van der Waals surface area contributed by atoms with Crippen LogP contribution in [0.1, 0.15) is 10.5 Å². The fourth-order valence-electron chi connectivity index (χ4n) is 1.29. The van der Waals surface area contributed by atoms with E-state index < -0.39 is 0 Å². The number of nitrogens with one attached hydrogen (secondary N) is 1. The van der Waals surface area contributed by atoms with Crippen LogP contribution in [0.3, 0.4) is 0 Å². The van der Waals surface area contributed by atoms with Crippen LogP contribution in [-0.4, -0.2) is 45.7 Å². The van der Waals surface area contributed by atoms with Crippen LogP contribution in [0.15, 0.2) is 6.20 Å². The van der Waals surface area contributed by atoms with Crippen LogP contribution in [0.2, 0.25) is 0 Å². The molecule has 70 valence electrons. The zero-order valence-electron chi connectivity index (χ0n) is 7.06. The second-order valence-electron chi connectivity index (χ2n) is 2.83. The quantitative estimate of drug-likeness (QED) is 0.666. The summed E-state index contributed by atoms with van der Waals surface area (Å²) in [6, 6.07) is 0. The molecule has 0 aliphatic carbocycles. The van der Waals surface area contributed by atoms with E-state index in [1.165, 1.54) is 6.20 Å². The van der Waals surface area contributed by atoms with E-state index in [2.05, 4.69) is 14.1 Å². The third-order valence-corrected chi connectivity index (χ3v) is 2.46. The van der Waals surface area contributed by atoms with Crippen molar-refractivity contribution >= 4 is 17.6 Å². The van der Waals surface area contributed by atoms with E-state index in [0.717, 1.165) is 37.9 Å². The molecule has 1 aliphatic rings. The molecule has 1 aromatic rings. The highest BCUT2D eigenvalue weighted by molar-refractivity contribution is 6.99. The normalized spacial score (nSPS) is 17.4. The summed E-state index contributed by atoms with van der Waals surface area (Å²) in [7, 11) is 0. The average Bonchev–Trinajstić information content (AvgIpc) is 2.71. The van der Waals surface area contributed by atoms with Gasteiger partial charge in [-0.25, -0.2) is 0 Å². The Morgan fingerprint density at radius 1 is 1.54 bits per heavy atom. The van der Waals surface area contributed by atoms with Crippen LogP contribution in [0.25, 0.3) is 0 Å². The maximum Gasteiger partial charge on any atom is 0.275 e. The van der Waals surface area contributed by atoms with Gasteiger partial charge in [0.2, 0.25) is 0 Å². The highest BCUT2D eigenvalue weighted by atomic mass is 32.1. The number of hydrogen-bond donors (Lipinski definition) is 1. The minimum atomic E-state index is -0.00440. The van der Waals surface area contributed by atoms with Gasteiger partial charge >= 0.3 is 0 Å². The van der Waals surface area contributed by atoms with Crippen LogP contribution < -0.4 is 5.32 Å². The van der Waals surface area contributed by atoms with E-state index in [-0.39, 0.29) is 5.91 Å². The maximum absolute atomic E-state index is 11.7. The lowest BCUT2D eigenvalue weighted by atomic mass is 10.3. The van der Waals surface area contributed by atoms with Gasteiger partial charge in [-0.2, -0.15) is 8.75 Å². The predicted molar refractivity (Wildman–Crippen MR) is 48.7 cm³/mol. The minimum Gasteiger partial charge on any atom is -0.335 e. The van der Waals surface area contributed by atoms with Crippen molar-refractivity contribution in [2.45, 2.75) is 0 Å². The lowest BCUT2D eigenvalue weighted by molar-refractivity contribution is 0.0731. The lowest BCUT2D eigenvalue weighted by Crippen LogP contribution is -2.46. The number of rotatable bonds is 1. The molecule has 13 heavy (non-hydrogen) atoms. The van der Waals surface area contributed by atoms with Crippen molar-refractivity contribution in [3.63, 3.8) is 0 Å². The monoisotopic (exact) mass is 198 g/mol. The van der Waals surface area contributed by atoms with Crippen LogP contribution in [0, 0.1) is 0 Å². The summed E-state index contributed by atoms with van der Waals surface area (Å²) in [5.41, 5.74) is 0.465. The smallest absolute Gasteiger partial charge is 0.275 e. The highest BCUT2D eigenvalue weighted by Crippen LogP contribution is 2.03. The maximum atomic E-state index is 11.7. The number of amides is 1. The minimum absolute atomic E-state index is 0.00440. The van der Waals surface area contributed by atoms with Gasteiger partial charge in [0, 0.05) is 26.2 Å². The van der Waals surface area contributed by atoms with Gasteiger partial charge in [-0.1, -0.05) is 0 Å². The summed E-state index contributed by atoms with van der Waals surface area (Å²) in [4.78, 5) is 13.5. The molecule has 1 fully saturated rings. The zero-order chi connectivity index (χ0) is 9.10. The van der Waals surface area contributed by atoms with Crippen molar-refractivity contribution in [1.29, 1.82) is 0 Å². The molecular weight excluding hydrogens is 188 g/mol. The molecule has 1 aliphatic heterocycles. The zero-order valence-corrected chi connectivity index (χ0v) is 7.88. The third-order valence-electron chi connectivity index (χ3n) is 1.98. The Balaban J connectivity index is 2.04. The average molecular weight is 198 g/mol. The highest BCUT2D eigenvalue weighted by Gasteiger charge is 2.19. The summed E-state index contributed by atoms with van der Waals surface area (Å²) in [5.74, 6) is -0.00440. The summed E-state index contributed by atoms with van der Waals surface area (Å²) in [5, 5.41) is 3.19. The predicted octanol–water partition coefficient (Wildman–Crippen LogP) is -0.417. The number of aromatic nitrogens is 2. The summed E-state index contributed by atoms with van der Waals surface area (Å²) in [6.07, 6.45) is 1.52. The molecule has 2 rings (SSSR count). The lowest BCUT2D eigenvalue weighted by Gasteiger charge is -2.26. The van der Waals surface area contributed by atoms with Gasteiger partial charge in [-0.15, -0.1) is 0 Å². The molecule has 6 heteroatoms. The Bertz CT molecular complexity index is 281. The van der Waals surface area contributed by atoms with Gasteiger partial charge in [-0.3, -0.25) is 4.79 Å². The fourth-order valence-corrected chi connectivity index (χ4v) is 1.70. The van der Waals surface area contributed by atoms with Crippen LogP contribution in [0.4, 0.5) is 0 Å². The van der Waals surface area contributed by atoms with Gasteiger partial charge in [-0.05, 0) is 0 Å². The molecule has 0 spiro atoms. The molecule has 0 unspecified atom stereocenters. The Morgan fingerprint density at radius 3 is 2.92 bits per heavy atom. The number of hydrogen-bond acceptors (Lipinski definition) is 5. The first-order valence-electron chi connectivity index (χ1n) is 4.15. The molecule has 2 heterocycles. The standard InChI is InChI=1S/C7H10N4OS/c12-7(6-5-9-13-10-6)11-3-1-8-2-4-11/h5,8H,1-4H2. The van der Waals surface area contributed by atoms with Crippen LogP contribution >= 0.6 is 11.7 Å². The largest absolute Gasteiger partial charge is 0.335 e. The first kappa shape index (κ1) is 8.58. The van der Waals surface area contributed by atoms with Gasteiger partial charge in [0.25, 0.3) is 5.91 Å². The van der Waals surface area contributed by atoms with Gasteiger partial charge in [0.05, 0.1) is 17.9 Å². The number of carbonyl (C=O) groups is 1. The number of piperazine rings is 1. The first-order chi connectivity index (χ1) is 6.38. The molecule has 0 radical (unpaired) electrons. The van der Waals surface area contributed by atoms with Crippen LogP contribution in [-0.2, 0) is 0 Å². The van der Waals surface area contributed by atoms with Crippen molar-refractivity contribution in [1.82, 2.24) is 19.0 Å². The Labute approximate surface area is 80.1 Å². The van der Waals surface area contributed by atoms with Gasteiger partial charge < -0.3 is 10.2 Å². The molecule has 0 aromatic carbocycles. The van der Waals surface area contributed by atoms with Crippen molar-refractivity contribution in [2.24, 2.45) is 0 Å². The Kier molecular flexibility index (Phi) is 2.51. The second-order valence-corrected chi connectivity index (χ2v) is 3.39. The van der Waals surface area contributed by atoms with Crippen molar-refractivity contribution < 1.29 is 4.79 Å². The topological polar surface area (TPSA) is 58.1 Å². The van der Waals surface area contributed by atoms with E-state index in [1.54, 1.807) is 4.90 Å².